The Bertz CT molecular complexity index is 2660. The van der Waals surface area contributed by atoms with Crippen molar-refractivity contribution < 1.29 is 42.1 Å². The summed E-state index contributed by atoms with van der Waals surface area (Å²) >= 11 is 0. The summed E-state index contributed by atoms with van der Waals surface area (Å²) in [5.41, 5.74) is -0.112. The van der Waals surface area contributed by atoms with Crippen molar-refractivity contribution in [3.8, 4) is 11.5 Å². The fraction of sp³-hybridized carbons (Fsp3) is 0.362. The number of hydrogen-bond donors (Lipinski definition) is 1. The average Bonchev–Trinajstić information content (AvgIpc) is 3.93. The molecule has 4 aromatic carbocycles. The molecule has 5 aromatic rings. The van der Waals surface area contributed by atoms with E-state index in [1.54, 1.807) is 44.6 Å². The van der Waals surface area contributed by atoms with Gasteiger partial charge in [-0.05, 0) is 73.0 Å². The Morgan fingerprint density at radius 2 is 1.63 bits per heavy atom. The molecule has 4 aliphatic rings. The summed E-state index contributed by atoms with van der Waals surface area (Å²) in [5.74, 6) is -1.11. The van der Waals surface area contributed by atoms with Crippen LogP contribution < -0.4 is 14.4 Å². The number of fused-ring (bicyclic) bond motifs is 2. The van der Waals surface area contributed by atoms with Crippen molar-refractivity contribution in [2.24, 2.45) is 5.41 Å². The van der Waals surface area contributed by atoms with Gasteiger partial charge in [0, 0.05) is 65.8 Å². The van der Waals surface area contributed by atoms with Crippen LogP contribution in [0.1, 0.15) is 55.0 Å². The van der Waals surface area contributed by atoms with Crippen LogP contribution in [0.3, 0.4) is 0 Å². The molecule has 7 atom stereocenters. The summed E-state index contributed by atoms with van der Waals surface area (Å²) in [6.45, 7) is 4.58. The van der Waals surface area contributed by atoms with E-state index in [9.17, 15) is 23.1 Å². The van der Waals surface area contributed by atoms with Gasteiger partial charge in [0.25, 0.3) is 10.0 Å². The molecule has 9 rings (SSSR count). The van der Waals surface area contributed by atoms with Crippen molar-refractivity contribution in [1.82, 2.24) is 8.87 Å². The number of nitrogens with zero attached hydrogens (tertiary/aromatic N) is 3. The van der Waals surface area contributed by atoms with Crippen LogP contribution in [0.4, 0.5) is 5.69 Å². The Kier molecular flexibility index (Phi) is 9.45. The predicted octanol–water partition coefficient (Wildman–Crippen LogP) is 6.02. The summed E-state index contributed by atoms with van der Waals surface area (Å²) in [6.07, 6.45) is 3.82. The molecule has 1 N–H and O–H groups in total. The Hall–Kier alpha value is -5.63. The molecule has 312 valence electrons. The number of carbonyl (C=O) groups excluding carboxylic acids is 2. The topological polar surface area (TPSA) is 137 Å². The van der Waals surface area contributed by atoms with Gasteiger partial charge in [0.1, 0.15) is 11.5 Å². The van der Waals surface area contributed by atoms with Crippen LogP contribution in [0.15, 0.2) is 114 Å². The molecule has 3 aliphatic heterocycles. The molecular formula is C47H49N3O9S. The third-order valence-electron chi connectivity index (χ3n) is 13.8. The fourth-order valence-corrected chi connectivity index (χ4v) is 13.2. The number of esters is 2. The summed E-state index contributed by atoms with van der Waals surface area (Å²) in [6, 6.07) is 28.1. The molecule has 0 radical (unpaired) electrons. The van der Waals surface area contributed by atoms with E-state index in [-0.39, 0.29) is 10.9 Å². The molecule has 1 aliphatic carbocycles. The first kappa shape index (κ1) is 39.8. The Morgan fingerprint density at radius 1 is 0.917 bits per heavy atom. The minimum absolute atomic E-state index is 0.143. The number of benzene rings is 4. The second-order valence-corrected chi connectivity index (χ2v) is 18.2. The first-order valence-electron chi connectivity index (χ1n) is 20.2. The van der Waals surface area contributed by atoms with Gasteiger partial charge in [0.2, 0.25) is 5.60 Å². The van der Waals surface area contributed by atoms with Gasteiger partial charge in [-0.15, -0.1) is 0 Å². The quantitative estimate of drug-likeness (QED) is 0.131. The maximum Gasteiger partial charge on any atom is 0.344 e. The van der Waals surface area contributed by atoms with Gasteiger partial charge in [-0.3, -0.25) is 9.69 Å². The number of rotatable bonds is 10. The fourth-order valence-electron chi connectivity index (χ4n) is 11.6. The number of ether oxygens (including phenoxy) is 4. The summed E-state index contributed by atoms with van der Waals surface area (Å²) in [5, 5.41) is 14.0. The van der Waals surface area contributed by atoms with E-state index in [0.29, 0.717) is 54.2 Å². The van der Waals surface area contributed by atoms with E-state index in [0.717, 1.165) is 22.2 Å². The van der Waals surface area contributed by atoms with Gasteiger partial charge < -0.3 is 29.0 Å². The van der Waals surface area contributed by atoms with Crippen molar-refractivity contribution in [3.63, 3.8) is 0 Å². The van der Waals surface area contributed by atoms with Gasteiger partial charge in [-0.1, -0.05) is 67.6 Å². The van der Waals surface area contributed by atoms with Crippen LogP contribution in [0, 0.1) is 5.41 Å². The van der Waals surface area contributed by atoms with Crippen LogP contribution in [-0.4, -0.2) is 99.6 Å². The van der Waals surface area contributed by atoms with Gasteiger partial charge in [-0.25, -0.2) is 17.2 Å². The lowest BCUT2D eigenvalue weighted by molar-refractivity contribution is -0.228. The molecule has 12 nitrogen and oxygen atoms in total. The minimum Gasteiger partial charge on any atom is -0.497 e. The Morgan fingerprint density at radius 3 is 2.30 bits per heavy atom. The molecule has 1 spiro atoms. The van der Waals surface area contributed by atoms with Crippen molar-refractivity contribution >= 4 is 38.6 Å². The predicted molar refractivity (Wildman–Crippen MR) is 226 cm³/mol. The molecular weight excluding hydrogens is 783 g/mol. The number of hydrogen-bond acceptors (Lipinski definition) is 11. The molecule has 0 amide bonds. The van der Waals surface area contributed by atoms with Crippen LogP contribution in [0.25, 0.3) is 10.9 Å². The number of aromatic nitrogens is 1. The average molecular weight is 832 g/mol. The third-order valence-corrected chi connectivity index (χ3v) is 15.5. The highest BCUT2D eigenvalue weighted by Gasteiger charge is 2.80. The standard InChI is InChI=1S/C47H49N3O9S/c1-7-45-22-13-24-49-25-23-46(41(45)49)35-27-34(39(57-5)28-37(35)48(3)42(46)47(53,44(52)58-6)43(45)59-29(2)51)40(30-18-20-32(56-4)21-19-30)38-26-31-14-11-12-17-36(31)50(38)60(54,55)33-15-9-8-10-16-33/h8-22,26-28,40-43,53H,7,23-25H2,1-6H3. The second-order valence-electron chi connectivity index (χ2n) is 16.4. The summed E-state index contributed by atoms with van der Waals surface area (Å²) < 4.78 is 54.8. The molecule has 0 bridgehead atoms. The first-order valence-corrected chi connectivity index (χ1v) is 21.7. The highest BCUT2D eigenvalue weighted by atomic mass is 32.2. The third kappa shape index (κ3) is 5.31. The summed E-state index contributed by atoms with van der Waals surface area (Å²) in [4.78, 5) is 31.8. The Labute approximate surface area is 350 Å². The molecule has 4 heterocycles. The first-order chi connectivity index (χ1) is 28.8. The van der Waals surface area contributed by atoms with Gasteiger partial charge in [-0.2, -0.15) is 0 Å². The highest BCUT2D eigenvalue weighted by molar-refractivity contribution is 7.90. The zero-order chi connectivity index (χ0) is 42.4. The van der Waals surface area contributed by atoms with Crippen molar-refractivity contribution in [3.05, 3.63) is 132 Å². The Balaban J connectivity index is 1.36. The van der Waals surface area contributed by atoms with E-state index in [4.69, 9.17) is 18.9 Å². The number of aliphatic hydroxyl groups is 1. The molecule has 60 heavy (non-hydrogen) atoms. The number of methoxy groups -OCH3 is 3. The van der Waals surface area contributed by atoms with Crippen molar-refractivity contribution in [1.29, 1.82) is 0 Å². The monoisotopic (exact) mass is 831 g/mol. The lowest BCUT2D eigenvalue weighted by Gasteiger charge is -2.63. The van der Waals surface area contributed by atoms with E-state index in [1.165, 1.54) is 18.0 Å². The van der Waals surface area contributed by atoms with E-state index in [2.05, 4.69) is 11.0 Å². The number of para-hydroxylation sites is 1. The zero-order valence-corrected chi connectivity index (χ0v) is 35.3. The number of anilines is 1. The van der Waals surface area contributed by atoms with Crippen LogP contribution in [0.5, 0.6) is 11.5 Å². The molecule has 13 heteroatoms. The normalized spacial score (nSPS) is 27.2. The lowest BCUT2D eigenvalue weighted by Crippen LogP contribution is -2.81. The summed E-state index contributed by atoms with van der Waals surface area (Å²) in [7, 11) is 2.11. The van der Waals surface area contributed by atoms with Crippen LogP contribution >= 0.6 is 0 Å². The maximum absolute atomic E-state index is 15.0. The zero-order valence-electron chi connectivity index (χ0n) is 34.5. The van der Waals surface area contributed by atoms with Gasteiger partial charge >= 0.3 is 11.9 Å². The van der Waals surface area contributed by atoms with Crippen molar-refractivity contribution in [2.45, 2.75) is 66.7 Å². The highest BCUT2D eigenvalue weighted by Crippen LogP contribution is 2.68. The molecule has 1 saturated carbocycles. The van der Waals surface area contributed by atoms with E-state index >= 15 is 0 Å². The second kappa shape index (κ2) is 14.2. The SMILES string of the molecule is CCC12C=CCN3CCC4(c5cc(C(c6ccc(OC)cc6)c6cc7ccccc7n6S(=O)(=O)c6ccccc6)c(OC)cc5N(C)C4C(O)(C(=O)OC)C1OC(C)=O)C32. The largest absolute Gasteiger partial charge is 0.497 e. The molecule has 1 aromatic heterocycles. The maximum atomic E-state index is 15.0. The number of carbonyl (C=O) groups is 2. The minimum atomic E-state index is -4.16. The van der Waals surface area contributed by atoms with Gasteiger partial charge in [0.15, 0.2) is 6.10 Å². The van der Waals surface area contributed by atoms with E-state index < -0.39 is 56.5 Å². The number of likely N-dealkylation sites (N-methyl/N-ethyl adjacent to an activating group) is 1. The lowest BCUT2D eigenvalue weighted by atomic mass is 9.47. The molecule has 2 fully saturated rings. The molecule has 7 unspecified atom stereocenters. The van der Waals surface area contributed by atoms with Gasteiger partial charge in [0.05, 0.1) is 43.7 Å². The van der Waals surface area contributed by atoms with Crippen LogP contribution in [-0.2, 0) is 34.5 Å². The van der Waals surface area contributed by atoms with Crippen molar-refractivity contribution in [2.75, 3.05) is 46.4 Å². The smallest absolute Gasteiger partial charge is 0.344 e. The van der Waals surface area contributed by atoms with E-state index in [1.807, 2.05) is 91.7 Å². The molecule has 1 saturated heterocycles. The van der Waals surface area contributed by atoms with Crippen LogP contribution in [0.2, 0.25) is 0 Å².